The second-order valence-corrected chi connectivity index (χ2v) is 7.74. The average Bonchev–Trinajstić information content (AvgIpc) is 2.61. The van der Waals surface area contributed by atoms with Gasteiger partial charge in [-0.2, -0.15) is 4.90 Å². The van der Waals surface area contributed by atoms with E-state index >= 15 is 0 Å². The molecule has 148 valence electrons. The summed E-state index contributed by atoms with van der Waals surface area (Å²) in [5.41, 5.74) is 0.611. The summed E-state index contributed by atoms with van der Waals surface area (Å²) in [6, 6.07) is 7.00. The van der Waals surface area contributed by atoms with Crippen molar-refractivity contribution in [2.75, 3.05) is 25.1 Å². The maximum Gasteiger partial charge on any atom is 0.424 e. The largest absolute Gasteiger partial charge is 0.452 e. The first-order chi connectivity index (χ1) is 12.6. The Bertz CT molecular complexity index is 699. The summed E-state index contributed by atoms with van der Waals surface area (Å²) in [5.74, 6) is 0.156. The minimum absolute atomic E-state index is 0.156. The lowest BCUT2D eigenvalue weighted by molar-refractivity contribution is 0.0575. The smallest absolute Gasteiger partial charge is 0.424 e. The van der Waals surface area contributed by atoms with Crippen molar-refractivity contribution in [3.8, 4) is 0 Å². The molecular weight excluding hydrogens is 372 g/mol. The molecule has 1 aromatic carbocycles. The van der Waals surface area contributed by atoms with Crippen molar-refractivity contribution in [3.05, 3.63) is 29.8 Å². The third kappa shape index (κ3) is 5.60. The van der Waals surface area contributed by atoms with Crippen molar-refractivity contribution in [1.82, 2.24) is 4.90 Å². The standard InChI is InChI=1S/C19H25ClN2O5/c1-19(2,3)27-18(25)22(17(24)26-4)15-9-7-13(8-10-15)14-6-5-11-21(12-14)16(20)23/h7-10,14H,5-6,11-12H2,1-4H3. The van der Waals surface area contributed by atoms with Gasteiger partial charge in [0.1, 0.15) is 5.60 Å². The Balaban J connectivity index is 2.20. The van der Waals surface area contributed by atoms with E-state index in [0.29, 0.717) is 18.8 Å². The molecule has 0 radical (unpaired) electrons. The zero-order valence-corrected chi connectivity index (χ0v) is 16.8. The first kappa shape index (κ1) is 21.0. The molecule has 0 bridgehead atoms. The van der Waals surface area contributed by atoms with Crippen LogP contribution in [0.5, 0.6) is 0 Å². The lowest BCUT2D eigenvalue weighted by Crippen LogP contribution is -2.41. The van der Waals surface area contributed by atoms with Crippen LogP contribution in [0.3, 0.4) is 0 Å². The first-order valence-electron chi connectivity index (χ1n) is 8.78. The van der Waals surface area contributed by atoms with Crippen LogP contribution < -0.4 is 4.90 Å². The fraction of sp³-hybridized carbons (Fsp3) is 0.526. The molecule has 0 saturated carbocycles. The van der Waals surface area contributed by atoms with Gasteiger partial charge in [0.2, 0.25) is 0 Å². The van der Waals surface area contributed by atoms with E-state index in [0.717, 1.165) is 23.3 Å². The van der Waals surface area contributed by atoms with Crippen molar-refractivity contribution in [2.45, 2.75) is 45.1 Å². The van der Waals surface area contributed by atoms with Crippen LogP contribution in [0.15, 0.2) is 24.3 Å². The molecule has 7 nitrogen and oxygen atoms in total. The van der Waals surface area contributed by atoms with Gasteiger partial charge < -0.3 is 14.4 Å². The number of rotatable bonds is 2. The molecule has 27 heavy (non-hydrogen) atoms. The van der Waals surface area contributed by atoms with E-state index in [2.05, 4.69) is 0 Å². The highest BCUT2D eigenvalue weighted by atomic mass is 35.5. The molecule has 1 aromatic rings. The number of carbonyl (C=O) groups is 3. The maximum absolute atomic E-state index is 12.4. The van der Waals surface area contributed by atoms with Crippen LogP contribution in [0, 0.1) is 0 Å². The highest BCUT2D eigenvalue weighted by Gasteiger charge is 2.30. The van der Waals surface area contributed by atoms with Gasteiger partial charge in [-0.25, -0.2) is 9.59 Å². The topological polar surface area (TPSA) is 76.2 Å². The van der Waals surface area contributed by atoms with Crippen molar-refractivity contribution in [2.24, 2.45) is 0 Å². The van der Waals surface area contributed by atoms with Gasteiger partial charge in [0, 0.05) is 19.0 Å². The van der Waals surface area contributed by atoms with Gasteiger partial charge in [-0.3, -0.25) is 4.79 Å². The number of benzene rings is 1. The predicted molar refractivity (Wildman–Crippen MR) is 102 cm³/mol. The van der Waals surface area contributed by atoms with E-state index in [1.54, 1.807) is 37.8 Å². The molecule has 1 heterocycles. The van der Waals surface area contributed by atoms with E-state index in [4.69, 9.17) is 21.1 Å². The Morgan fingerprint density at radius 2 is 1.78 bits per heavy atom. The van der Waals surface area contributed by atoms with Crippen LogP contribution in [-0.2, 0) is 9.47 Å². The van der Waals surface area contributed by atoms with E-state index in [1.807, 2.05) is 12.1 Å². The van der Waals surface area contributed by atoms with Crippen LogP contribution in [0.2, 0.25) is 0 Å². The lowest BCUT2D eigenvalue weighted by Gasteiger charge is -2.31. The monoisotopic (exact) mass is 396 g/mol. The lowest BCUT2D eigenvalue weighted by atomic mass is 9.91. The Morgan fingerprint density at radius 3 is 2.30 bits per heavy atom. The molecule has 3 amide bonds. The summed E-state index contributed by atoms with van der Waals surface area (Å²) in [6.45, 7) is 6.36. The van der Waals surface area contributed by atoms with E-state index in [9.17, 15) is 14.4 Å². The van der Waals surface area contributed by atoms with Gasteiger partial charge in [0.15, 0.2) is 0 Å². The zero-order chi connectivity index (χ0) is 20.2. The van der Waals surface area contributed by atoms with E-state index in [1.165, 1.54) is 7.11 Å². The number of amides is 3. The Kier molecular flexibility index (Phi) is 6.70. The van der Waals surface area contributed by atoms with Crippen LogP contribution in [-0.4, -0.2) is 48.3 Å². The fourth-order valence-corrected chi connectivity index (χ4v) is 3.14. The Morgan fingerprint density at radius 1 is 1.15 bits per heavy atom. The summed E-state index contributed by atoms with van der Waals surface area (Å²) in [5, 5.41) is -0.446. The number of piperidine rings is 1. The van der Waals surface area contributed by atoms with Crippen LogP contribution in [0.4, 0.5) is 20.1 Å². The second kappa shape index (κ2) is 8.61. The molecule has 1 saturated heterocycles. The summed E-state index contributed by atoms with van der Waals surface area (Å²) in [7, 11) is 1.20. The molecule has 1 atom stereocenters. The van der Waals surface area contributed by atoms with Crippen LogP contribution in [0.1, 0.15) is 45.1 Å². The SMILES string of the molecule is COC(=O)N(C(=O)OC(C)(C)C)c1ccc(C2CCCN(C(=O)Cl)C2)cc1. The van der Waals surface area contributed by atoms with Crippen molar-refractivity contribution in [1.29, 1.82) is 0 Å². The number of hydrogen-bond acceptors (Lipinski definition) is 5. The fourth-order valence-electron chi connectivity index (χ4n) is 2.99. The second-order valence-electron chi connectivity index (χ2n) is 7.42. The number of nitrogens with zero attached hydrogens (tertiary/aromatic N) is 2. The molecule has 1 fully saturated rings. The molecule has 1 aliphatic heterocycles. The number of likely N-dealkylation sites (tertiary alicyclic amines) is 1. The van der Waals surface area contributed by atoms with Crippen LogP contribution in [0.25, 0.3) is 0 Å². The summed E-state index contributed by atoms with van der Waals surface area (Å²) < 4.78 is 10.0. The summed E-state index contributed by atoms with van der Waals surface area (Å²) >= 11 is 5.59. The Labute approximate surface area is 164 Å². The van der Waals surface area contributed by atoms with Gasteiger partial charge in [0.05, 0.1) is 12.8 Å². The molecular formula is C19H25ClN2O5. The van der Waals surface area contributed by atoms with Crippen LogP contribution >= 0.6 is 11.6 Å². The highest BCUT2D eigenvalue weighted by molar-refractivity contribution is 6.62. The maximum atomic E-state index is 12.4. The number of ether oxygens (including phenoxy) is 2. The molecule has 0 spiro atoms. The van der Waals surface area contributed by atoms with E-state index in [-0.39, 0.29) is 5.92 Å². The molecule has 0 N–H and O–H groups in total. The zero-order valence-electron chi connectivity index (χ0n) is 16.0. The number of hydrogen-bond donors (Lipinski definition) is 0. The minimum atomic E-state index is -0.825. The average molecular weight is 397 g/mol. The van der Waals surface area contributed by atoms with Crippen molar-refractivity contribution < 1.29 is 23.9 Å². The van der Waals surface area contributed by atoms with Crippen molar-refractivity contribution in [3.63, 3.8) is 0 Å². The normalized spacial score (nSPS) is 17.2. The molecule has 0 aromatic heterocycles. The number of carbonyl (C=O) groups excluding carboxylic acids is 3. The Hall–Kier alpha value is -2.28. The highest BCUT2D eigenvalue weighted by Crippen LogP contribution is 2.29. The van der Waals surface area contributed by atoms with E-state index < -0.39 is 23.2 Å². The summed E-state index contributed by atoms with van der Waals surface area (Å²) in [6.07, 6.45) is 0.177. The van der Waals surface area contributed by atoms with Gasteiger partial charge in [0.25, 0.3) is 0 Å². The van der Waals surface area contributed by atoms with Crippen molar-refractivity contribution >= 4 is 34.8 Å². The minimum Gasteiger partial charge on any atom is -0.452 e. The number of anilines is 1. The third-order valence-electron chi connectivity index (χ3n) is 4.23. The summed E-state index contributed by atoms with van der Waals surface area (Å²) in [4.78, 5) is 38.4. The van der Waals surface area contributed by atoms with Gasteiger partial charge in [-0.15, -0.1) is 0 Å². The number of methoxy groups -OCH3 is 1. The third-order valence-corrected chi connectivity index (χ3v) is 4.47. The molecule has 1 unspecified atom stereocenters. The van der Waals surface area contributed by atoms with Gasteiger partial charge in [-0.1, -0.05) is 12.1 Å². The van der Waals surface area contributed by atoms with Gasteiger partial charge in [-0.05, 0) is 62.9 Å². The van der Waals surface area contributed by atoms with Gasteiger partial charge >= 0.3 is 17.6 Å². The first-order valence-corrected chi connectivity index (χ1v) is 9.15. The molecule has 8 heteroatoms. The number of halogens is 1. The number of imide groups is 1. The quantitative estimate of drug-likeness (QED) is 0.533. The predicted octanol–water partition coefficient (Wildman–Crippen LogP) is 4.73. The molecule has 2 rings (SSSR count). The molecule has 0 aliphatic carbocycles. The molecule has 1 aliphatic rings.